The van der Waals surface area contributed by atoms with E-state index >= 15 is 0 Å². The Morgan fingerprint density at radius 3 is 2.79 bits per heavy atom. The molecule has 4 N–H and O–H groups in total. The van der Waals surface area contributed by atoms with Crippen LogP contribution < -0.4 is 20.5 Å². The smallest absolute Gasteiger partial charge is 0.344 e. The molecule has 0 radical (unpaired) electrons. The lowest BCUT2D eigenvalue weighted by atomic mass is 10.0. The van der Waals surface area contributed by atoms with Crippen molar-refractivity contribution < 1.29 is 17.9 Å². The molecule has 0 atom stereocenters. The van der Waals surface area contributed by atoms with Crippen LogP contribution in [0, 0.1) is 6.92 Å². The van der Waals surface area contributed by atoms with Crippen LogP contribution in [0.5, 0.6) is 5.75 Å². The summed E-state index contributed by atoms with van der Waals surface area (Å²) < 4.78 is 35.0. The Hall–Kier alpha value is -3.14. The van der Waals surface area contributed by atoms with Gasteiger partial charge in [0.05, 0.1) is 16.8 Å². The average Bonchev–Trinajstić information content (AvgIpc) is 2.58. The highest BCUT2D eigenvalue weighted by Gasteiger charge is 2.27. The highest BCUT2D eigenvalue weighted by atomic mass is 32.2. The first-order valence-corrected chi connectivity index (χ1v) is 9.89. The first kappa shape index (κ1) is 19.6. The van der Waals surface area contributed by atoms with Crippen molar-refractivity contribution in [2.24, 2.45) is 10.1 Å². The molecule has 28 heavy (non-hydrogen) atoms. The Balaban J connectivity index is 1.76. The first-order valence-electron chi connectivity index (χ1n) is 8.45. The van der Waals surface area contributed by atoms with E-state index in [0.29, 0.717) is 22.6 Å². The number of pyridine rings is 1. The number of amidine groups is 1. The number of hydrogen-bond acceptors (Lipinski definition) is 6. The molecule has 0 saturated heterocycles. The summed E-state index contributed by atoms with van der Waals surface area (Å²) in [5, 5.41) is 2.92. The number of nitrogens with zero attached hydrogens (tertiary/aromatic N) is 2. The van der Waals surface area contributed by atoms with E-state index in [2.05, 4.69) is 19.4 Å². The molecule has 0 saturated carbocycles. The zero-order valence-electron chi connectivity index (χ0n) is 15.7. The summed E-state index contributed by atoms with van der Waals surface area (Å²) in [6.45, 7) is 5.57. The maximum atomic E-state index is 12.5. The van der Waals surface area contributed by atoms with E-state index < -0.39 is 15.7 Å². The Labute approximate surface area is 163 Å². The number of nitrogens with two attached hydrogens (primary N) is 1. The normalized spacial score (nSPS) is 15.0. The van der Waals surface area contributed by atoms with Crippen molar-refractivity contribution >= 4 is 27.6 Å². The molecule has 2 aromatic rings. The molecule has 1 aliphatic rings. The van der Waals surface area contributed by atoms with Gasteiger partial charge in [0.15, 0.2) is 5.84 Å². The second-order valence-corrected chi connectivity index (χ2v) is 8.39. The molecule has 1 aromatic heterocycles. The molecule has 0 bridgehead atoms. The van der Waals surface area contributed by atoms with Crippen LogP contribution in [-0.2, 0) is 10.2 Å². The predicted molar refractivity (Wildman–Crippen MR) is 106 cm³/mol. The third-order valence-electron chi connectivity index (χ3n) is 4.05. The standard InChI is InChI=1S/C18H21N5O4S/c1-11-9-20-8-7-12(11)17(24)21-18(2,3)10-27-14-6-4-5-13-15(14)16(19)23-28(25,26)22-13/h4-9,22H,10H2,1-3H3,(H2,19,23)(H,21,24). The minimum absolute atomic E-state index is 0.124. The van der Waals surface area contributed by atoms with Crippen LogP contribution in [0.4, 0.5) is 5.69 Å². The van der Waals surface area contributed by atoms with Crippen molar-refractivity contribution in [3.05, 3.63) is 53.3 Å². The van der Waals surface area contributed by atoms with Gasteiger partial charge in [0.25, 0.3) is 5.91 Å². The number of ether oxygens (including phenoxy) is 1. The zero-order chi connectivity index (χ0) is 20.5. The number of amides is 1. The second-order valence-electron chi connectivity index (χ2n) is 7.05. The third kappa shape index (κ3) is 4.22. The predicted octanol–water partition coefficient (Wildman–Crippen LogP) is 1.35. The molecule has 3 rings (SSSR count). The van der Waals surface area contributed by atoms with E-state index in [1.807, 2.05) is 20.8 Å². The van der Waals surface area contributed by atoms with Crippen LogP contribution in [0.2, 0.25) is 0 Å². The van der Waals surface area contributed by atoms with E-state index in [4.69, 9.17) is 10.5 Å². The molecule has 1 aliphatic heterocycles. The summed E-state index contributed by atoms with van der Waals surface area (Å²) in [5.41, 5.74) is 7.06. The average molecular weight is 403 g/mol. The van der Waals surface area contributed by atoms with Crippen molar-refractivity contribution in [3.8, 4) is 5.75 Å². The van der Waals surface area contributed by atoms with E-state index in [1.54, 1.807) is 36.7 Å². The minimum Gasteiger partial charge on any atom is -0.490 e. The highest BCUT2D eigenvalue weighted by Crippen LogP contribution is 2.30. The fraction of sp³-hybridized carbons (Fsp3) is 0.278. The van der Waals surface area contributed by atoms with Gasteiger partial charge in [-0.15, -0.1) is 4.40 Å². The molecule has 148 valence electrons. The van der Waals surface area contributed by atoms with Gasteiger partial charge in [0.2, 0.25) is 0 Å². The number of aryl methyl sites for hydroxylation is 1. The fourth-order valence-corrected chi connectivity index (χ4v) is 3.58. The molecule has 1 amide bonds. The van der Waals surface area contributed by atoms with Crippen LogP contribution in [0.15, 0.2) is 41.1 Å². The van der Waals surface area contributed by atoms with Crippen molar-refractivity contribution in [1.82, 2.24) is 10.3 Å². The topological polar surface area (TPSA) is 136 Å². The second kappa shape index (κ2) is 7.12. The number of hydrogen-bond donors (Lipinski definition) is 3. The van der Waals surface area contributed by atoms with Gasteiger partial charge in [0.1, 0.15) is 12.4 Å². The van der Waals surface area contributed by atoms with Crippen LogP contribution in [0.1, 0.15) is 35.3 Å². The van der Waals surface area contributed by atoms with Crippen molar-refractivity contribution in [3.63, 3.8) is 0 Å². The lowest BCUT2D eigenvalue weighted by Crippen LogP contribution is -2.48. The van der Waals surface area contributed by atoms with Crippen LogP contribution >= 0.6 is 0 Å². The first-order chi connectivity index (χ1) is 13.1. The summed E-state index contributed by atoms with van der Waals surface area (Å²) >= 11 is 0. The molecular formula is C18H21N5O4S. The Bertz CT molecular complexity index is 1060. The largest absolute Gasteiger partial charge is 0.490 e. The van der Waals surface area contributed by atoms with Gasteiger partial charge < -0.3 is 15.8 Å². The van der Waals surface area contributed by atoms with Crippen LogP contribution in [-0.4, -0.2) is 37.3 Å². The number of anilines is 1. The molecule has 0 fully saturated rings. The van der Waals surface area contributed by atoms with Gasteiger partial charge in [-0.25, -0.2) is 0 Å². The summed E-state index contributed by atoms with van der Waals surface area (Å²) in [6, 6.07) is 6.52. The quantitative estimate of drug-likeness (QED) is 0.689. The van der Waals surface area contributed by atoms with Gasteiger partial charge in [-0.1, -0.05) is 6.07 Å². The maximum absolute atomic E-state index is 12.5. The van der Waals surface area contributed by atoms with Crippen molar-refractivity contribution in [2.75, 3.05) is 11.3 Å². The number of benzene rings is 1. The number of aromatic nitrogens is 1. The Morgan fingerprint density at radius 2 is 2.07 bits per heavy atom. The lowest BCUT2D eigenvalue weighted by molar-refractivity contribution is 0.0880. The van der Waals surface area contributed by atoms with Gasteiger partial charge in [-0.3, -0.25) is 14.5 Å². The minimum atomic E-state index is -3.86. The molecular weight excluding hydrogens is 382 g/mol. The fourth-order valence-electron chi connectivity index (χ4n) is 2.73. The summed E-state index contributed by atoms with van der Waals surface area (Å²) in [6.07, 6.45) is 3.18. The number of nitrogens with one attached hydrogen (secondary N) is 2. The molecule has 2 heterocycles. The highest BCUT2D eigenvalue weighted by molar-refractivity contribution is 7.91. The molecule has 1 aromatic carbocycles. The van der Waals surface area contributed by atoms with Crippen molar-refractivity contribution in [2.45, 2.75) is 26.3 Å². The number of carbonyl (C=O) groups excluding carboxylic acids is 1. The van der Waals surface area contributed by atoms with Crippen LogP contribution in [0.25, 0.3) is 0 Å². The SMILES string of the molecule is Cc1cnccc1C(=O)NC(C)(C)COc1cccc2c1C(N)=NS(=O)(=O)N2. The number of rotatable bonds is 5. The van der Waals surface area contributed by atoms with Gasteiger partial charge in [0, 0.05) is 18.0 Å². The van der Waals surface area contributed by atoms with Gasteiger partial charge in [-0.05, 0) is 44.5 Å². The molecule has 0 unspecified atom stereocenters. The molecule has 9 nitrogen and oxygen atoms in total. The monoisotopic (exact) mass is 403 g/mol. The summed E-state index contributed by atoms with van der Waals surface area (Å²) in [7, 11) is -3.86. The third-order valence-corrected chi connectivity index (χ3v) is 4.96. The molecule has 0 spiro atoms. The number of fused-ring (bicyclic) bond motifs is 1. The molecule has 10 heteroatoms. The van der Waals surface area contributed by atoms with Crippen LogP contribution in [0.3, 0.4) is 0 Å². The lowest BCUT2D eigenvalue weighted by Gasteiger charge is -2.28. The number of carbonyl (C=O) groups is 1. The Morgan fingerprint density at radius 1 is 1.32 bits per heavy atom. The Kier molecular flexibility index (Phi) is 4.99. The zero-order valence-corrected chi connectivity index (χ0v) is 16.5. The van der Waals surface area contributed by atoms with Gasteiger partial charge >= 0.3 is 10.2 Å². The summed E-state index contributed by atoms with van der Waals surface area (Å²) in [4.78, 5) is 16.5. The van der Waals surface area contributed by atoms with E-state index in [1.165, 1.54) is 0 Å². The van der Waals surface area contributed by atoms with E-state index in [-0.39, 0.29) is 18.3 Å². The van der Waals surface area contributed by atoms with Gasteiger partial charge in [-0.2, -0.15) is 8.42 Å². The van der Waals surface area contributed by atoms with Crippen molar-refractivity contribution in [1.29, 1.82) is 0 Å². The molecule has 0 aliphatic carbocycles. The maximum Gasteiger partial charge on any atom is 0.344 e. The summed E-state index contributed by atoms with van der Waals surface area (Å²) in [5.74, 6) is -0.0282. The van der Waals surface area contributed by atoms with E-state index in [9.17, 15) is 13.2 Å². The van der Waals surface area contributed by atoms with E-state index in [0.717, 1.165) is 5.56 Å².